The van der Waals surface area contributed by atoms with E-state index in [4.69, 9.17) is 4.74 Å². The van der Waals surface area contributed by atoms with Crippen molar-refractivity contribution in [1.29, 1.82) is 0 Å². The van der Waals surface area contributed by atoms with Crippen LogP contribution in [0.1, 0.15) is 34.8 Å². The summed E-state index contributed by atoms with van der Waals surface area (Å²) in [5.41, 5.74) is 2.79. The highest BCUT2D eigenvalue weighted by Crippen LogP contribution is 2.29. The van der Waals surface area contributed by atoms with E-state index in [-0.39, 0.29) is 11.9 Å². The fourth-order valence-corrected chi connectivity index (χ4v) is 4.34. The number of benzene rings is 1. The van der Waals surface area contributed by atoms with Gasteiger partial charge in [-0.3, -0.25) is 4.79 Å². The van der Waals surface area contributed by atoms with Gasteiger partial charge in [0.25, 0.3) is 5.91 Å². The normalized spacial score (nSPS) is 18.2. The van der Waals surface area contributed by atoms with Crippen LogP contribution in [0.3, 0.4) is 0 Å². The highest BCUT2D eigenvalue weighted by atomic mass is 16.5. The summed E-state index contributed by atoms with van der Waals surface area (Å²) < 4.78 is 7.49. The van der Waals surface area contributed by atoms with Gasteiger partial charge >= 0.3 is 0 Å². The lowest BCUT2D eigenvalue weighted by Crippen LogP contribution is -2.39. The number of aromatic nitrogens is 4. The first-order valence-electron chi connectivity index (χ1n) is 10.6. The number of nitrogens with zero attached hydrogens (tertiary/aromatic N) is 6. The Morgan fingerprint density at radius 3 is 2.50 bits per heavy atom. The van der Waals surface area contributed by atoms with Crippen LogP contribution in [-0.2, 0) is 4.74 Å². The quantitative estimate of drug-likeness (QED) is 0.665. The molecule has 0 radical (unpaired) electrons. The molecule has 2 aliphatic rings. The Balaban J connectivity index is 1.31. The third-order valence-electron chi connectivity index (χ3n) is 6.08. The molecule has 4 heterocycles. The van der Waals surface area contributed by atoms with E-state index in [2.05, 4.69) is 20.0 Å². The van der Waals surface area contributed by atoms with Crippen LogP contribution in [0.2, 0.25) is 0 Å². The minimum absolute atomic E-state index is 0.107. The van der Waals surface area contributed by atoms with E-state index in [0.717, 1.165) is 67.0 Å². The molecule has 156 valence electrons. The molecule has 8 nitrogen and oxygen atoms in total. The third-order valence-corrected chi connectivity index (χ3v) is 6.08. The van der Waals surface area contributed by atoms with Gasteiger partial charge in [0.05, 0.1) is 30.8 Å². The molecule has 5 rings (SSSR count). The zero-order chi connectivity index (χ0) is 20.5. The van der Waals surface area contributed by atoms with E-state index in [1.807, 2.05) is 47.0 Å². The number of hydrogen-bond donors (Lipinski definition) is 0. The van der Waals surface area contributed by atoms with Gasteiger partial charge in [-0.15, -0.1) is 0 Å². The van der Waals surface area contributed by atoms with Crippen LogP contribution < -0.4 is 4.90 Å². The summed E-state index contributed by atoms with van der Waals surface area (Å²) in [5.74, 6) is 1.04. The number of aryl methyl sites for hydroxylation is 1. The molecule has 2 fully saturated rings. The lowest BCUT2D eigenvalue weighted by Gasteiger charge is -2.32. The summed E-state index contributed by atoms with van der Waals surface area (Å²) in [4.78, 5) is 26.0. The molecule has 0 N–H and O–H groups in total. The number of amides is 1. The lowest BCUT2D eigenvalue weighted by atomic mass is 10.0. The van der Waals surface area contributed by atoms with Crippen LogP contribution in [0.4, 0.5) is 5.82 Å². The smallest absolute Gasteiger partial charge is 0.253 e. The summed E-state index contributed by atoms with van der Waals surface area (Å²) in [6.07, 6.45) is 5.24. The number of rotatable bonds is 3. The van der Waals surface area contributed by atoms with Gasteiger partial charge in [-0.05, 0) is 31.9 Å². The molecule has 1 aromatic carbocycles. The number of morpholine rings is 1. The average molecular weight is 406 g/mol. The van der Waals surface area contributed by atoms with Gasteiger partial charge < -0.3 is 14.5 Å². The molecule has 1 amide bonds. The molecule has 30 heavy (non-hydrogen) atoms. The zero-order valence-corrected chi connectivity index (χ0v) is 17.2. The number of piperidine rings is 1. The Bertz CT molecular complexity index is 1030. The number of likely N-dealkylation sites (tertiary alicyclic amines) is 1. The van der Waals surface area contributed by atoms with E-state index < -0.39 is 0 Å². The van der Waals surface area contributed by atoms with Crippen LogP contribution in [0, 0.1) is 6.92 Å². The summed E-state index contributed by atoms with van der Waals surface area (Å²) in [6, 6.07) is 8.03. The standard InChI is InChI=1S/C22H26N6O2/c1-16-2-4-17(5-3-16)22(29)27-8-6-18(7-9-27)28-21-19(14-25-28)20(23-15-24-21)26-10-12-30-13-11-26/h2-5,14-15,18H,6-13H2,1H3. The summed E-state index contributed by atoms with van der Waals surface area (Å²) in [6.45, 7) is 6.57. The van der Waals surface area contributed by atoms with Gasteiger partial charge in [0.15, 0.2) is 5.65 Å². The molecule has 2 aliphatic heterocycles. The minimum Gasteiger partial charge on any atom is -0.378 e. The average Bonchev–Trinajstić information content (AvgIpc) is 3.24. The molecule has 3 aromatic rings. The summed E-state index contributed by atoms with van der Waals surface area (Å²) in [7, 11) is 0. The number of hydrogen-bond acceptors (Lipinski definition) is 6. The Labute approximate surface area is 175 Å². The number of anilines is 1. The van der Waals surface area contributed by atoms with Crippen LogP contribution >= 0.6 is 0 Å². The molecule has 8 heteroatoms. The van der Waals surface area contributed by atoms with Crippen molar-refractivity contribution in [2.24, 2.45) is 0 Å². The maximum atomic E-state index is 12.8. The van der Waals surface area contributed by atoms with E-state index in [1.165, 1.54) is 0 Å². The van der Waals surface area contributed by atoms with E-state index in [1.54, 1.807) is 6.33 Å². The van der Waals surface area contributed by atoms with Crippen LogP contribution in [0.5, 0.6) is 0 Å². The predicted molar refractivity (Wildman–Crippen MR) is 114 cm³/mol. The van der Waals surface area contributed by atoms with Gasteiger partial charge in [0.1, 0.15) is 12.1 Å². The highest BCUT2D eigenvalue weighted by molar-refractivity contribution is 5.94. The van der Waals surface area contributed by atoms with Gasteiger partial charge in [-0.25, -0.2) is 14.6 Å². The second-order valence-electron chi connectivity index (χ2n) is 8.01. The first-order valence-corrected chi connectivity index (χ1v) is 10.6. The van der Waals surface area contributed by atoms with E-state index in [0.29, 0.717) is 13.2 Å². The van der Waals surface area contributed by atoms with E-state index >= 15 is 0 Å². The van der Waals surface area contributed by atoms with Gasteiger partial charge in [-0.2, -0.15) is 5.10 Å². The predicted octanol–water partition coefficient (Wildman–Crippen LogP) is 2.45. The van der Waals surface area contributed by atoms with Crippen molar-refractivity contribution in [3.05, 3.63) is 47.9 Å². The van der Waals surface area contributed by atoms with Crippen molar-refractivity contribution in [3.8, 4) is 0 Å². The van der Waals surface area contributed by atoms with E-state index in [9.17, 15) is 4.79 Å². The molecule has 2 aromatic heterocycles. The number of carbonyl (C=O) groups excluding carboxylic acids is 1. The van der Waals surface area contributed by atoms with Gasteiger partial charge in [0.2, 0.25) is 0 Å². The van der Waals surface area contributed by atoms with Crippen molar-refractivity contribution in [2.75, 3.05) is 44.3 Å². The second-order valence-corrected chi connectivity index (χ2v) is 8.01. The lowest BCUT2D eigenvalue weighted by molar-refractivity contribution is 0.0691. The van der Waals surface area contributed by atoms with Crippen molar-refractivity contribution in [2.45, 2.75) is 25.8 Å². The SMILES string of the molecule is Cc1ccc(C(=O)N2CCC(n3ncc4c(N5CCOCC5)ncnc43)CC2)cc1. The van der Waals surface area contributed by atoms with Gasteiger partial charge in [-0.1, -0.05) is 17.7 Å². The van der Waals surface area contributed by atoms with Crippen molar-refractivity contribution >= 4 is 22.8 Å². The molecule has 0 aliphatic carbocycles. The zero-order valence-electron chi connectivity index (χ0n) is 17.2. The van der Waals surface area contributed by atoms with Crippen molar-refractivity contribution < 1.29 is 9.53 Å². The van der Waals surface area contributed by atoms with Crippen molar-refractivity contribution in [3.63, 3.8) is 0 Å². The topological polar surface area (TPSA) is 76.4 Å². The second kappa shape index (κ2) is 8.02. The van der Waals surface area contributed by atoms with Crippen LogP contribution in [0.25, 0.3) is 11.0 Å². The Hall–Kier alpha value is -3.00. The molecule has 0 bridgehead atoms. The summed E-state index contributed by atoms with van der Waals surface area (Å²) in [5, 5.41) is 5.65. The maximum Gasteiger partial charge on any atom is 0.253 e. The fraction of sp³-hybridized carbons (Fsp3) is 0.455. The number of carbonyl (C=O) groups is 1. The molecular weight excluding hydrogens is 380 g/mol. The Morgan fingerprint density at radius 2 is 1.77 bits per heavy atom. The Morgan fingerprint density at radius 1 is 1.03 bits per heavy atom. The Kier molecular flexibility index (Phi) is 5.08. The van der Waals surface area contributed by atoms with Gasteiger partial charge in [0, 0.05) is 31.7 Å². The maximum absolute atomic E-state index is 12.8. The summed E-state index contributed by atoms with van der Waals surface area (Å²) >= 11 is 0. The van der Waals surface area contributed by atoms with Crippen LogP contribution in [0.15, 0.2) is 36.8 Å². The highest BCUT2D eigenvalue weighted by Gasteiger charge is 2.27. The van der Waals surface area contributed by atoms with Crippen molar-refractivity contribution in [1.82, 2.24) is 24.6 Å². The number of fused-ring (bicyclic) bond motifs is 1. The molecule has 0 atom stereocenters. The third kappa shape index (κ3) is 3.52. The minimum atomic E-state index is 0.107. The monoisotopic (exact) mass is 406 g/mol. The molecule has 0 unspecified atom stereocenters. The molecular formula is C22H26N6O2. The first-order chi connectivity index (χ1) is 14.7. The molecule has 0 spiro atoms. The number of ether oxygens (including phenoxy) is 1. The van der Waals surface area contributed by atoms with Crippen LogP contribution in [-0.4, -0.2) is 69.9 Å². The first kappa shape index (κ1) is 19.0. The fourth-order valence-electron chi connectivity index (χ4n) is 4.34. The molecule has 0 saturated carbocycles. The largest absolute Gasteiger partial charge is 0.378 e. The molecule has 2 saturated heterocycles.